The zero-order valence-corrected chi connectivity index (χ0v) is 13.7. The summed E-state index contributed by atoms with van der Waals surface area (Å²) in [6, 6.07) is 15.5. The third-order valence-electron chi connectivity index (χ3n) is 3.37. The number of anilines is 2. The van der Waals surface area contributed by atoms with Gasteiger partial charge < -0.3 is 14.6 Å². The Hall–Kier alpha value is -2.53. The van der Waals surface area contributed by atoms with Crippen LogP contribution >= 0.6 is 11.6 Å². The monoisotopic (exact) mass is 328 g/mol. The SMILES string of the molecule is CN(C)c1ccc(NCc2nnc(-c3cccc(Cl)c3)o2)cc1. The molecular formula is C17H17ClN4O. The molecule has 1 N–H and O–H groups in total. The van der Waals surface area contributed by atoms with Crippen molar-refractivity contribution in [3.8, 4) is 11.5 Å². The molecule has 6 heteroatoms. The van der Waals surface area contributed by atoms with Crippen molar-refractivity contribution in [1.82, 2.24) is 10.2 Å². The molecule has 0 saturated heterocycles. The van der Waals surface area contributed by atoms with Crippen molar-refractivity contribution in [1.29, 1.82) is 0 Å². The topological polar surface area (TPSA) is 54.2 Å². The van der Waals surface area contributed by atoms with Crippen LogP contribution in [0.25, 0.3) is 11.5 Å². The van der Waals surface area contributed by atoms with Crippen molar-refractivity contribution in [2.24, 2.45) is 0 Å². The fourth-order valence-corrected chi connectivity index (χ4v) is 2.31. The van der Waals surface area contributed by atoms with Gasteiger partial charge in [0.15, 0.2) is 0 Å². The Morgan fingerprint density at radius 1 is 1.09 bits per heavy atom. The Morgan fingerprint density at radius 3 is 2.57 bits per heavy atom. The van der Waals surface area contributed by atoms with Crippen LogP contribution in [0, 0.1) is 0 Å². The predicted molar refractivity (Wildman–Crippen MR) is 92.8 cm³/mol. The molecule has 0 aliphatic heterocycles. The maximum atomic E-state index is 5.97. The summed E-state index contributed by atoms with van der Waals surface area (Å²) in [5, 5.41) is 12.0. The van der Waals surface area contributed by atoms with E-state index in [4.69, 9.17) is 16.0 Å². The van der Waals surface area contributed by atoms with Crippen LogP contribution in [0.3, 0.4) is 0 Å². The van der Waals surface area contributed by atoms with E-state index in [1.54, 1.807) is 12.1 Å². The van der Waals surface area contributed by atoms with Gasteiger partial charge in [0, 0.05) is 36.1 Å². The molecular weight excluding hydrogens is 312 g/mol. The minimum absolute atomic E-state index is 0.465. The average molecular weight is 329 g/mol. The zero-order valence-electron chi connectivity index (χ0n) is 13.0. The Labute approximate surface area is 139 Å². The third-order valence-corrected chi connectivity index (χ3v) is 3.60. The molecule has 0 amide bonds. The normalized spacial score (nSPS) is 10.6. The lowest BCUT2D eigenvalue weighted by molar-refractivity contribution is 0.515. The second kappa shape index (κ2) is 6.71. The van der Waals surface area contributed by atoms with Crippen LogP contribution in [0.2, 0.25) is 5.02 Å². The summed E-state index contributed by atoms with van der Waals surface area (Å²) in [5.74, 6) is 0.990. The summed E-state index contributed by atoms with van der Waals surface area (Å²) in [6.07, 6.45) is 0. The molecule has 23 heavy (non-hydrogen) atoms. The molecule has 0 fully saturated rings. The van der Waals surface area contributed by atoms with E-state index in [1.807, 2.05) is 50.5 Å². The van der Waals surface area contributed by atoms with Gasteiger partial charge in [-0.3, -0.25) is 0 Å². The van der Waals surface area contributed by atoms with Gasteiger partial charge in [0.05, 0.1) is 6.54 Å². The standard InChI is InChI=1S/C17H17ClN4O/c1-22(2)15-8-6-14(7-9-15)19-11-16-20-21-17(23-16)12-4-3-5-13(18)10-12/h3-10,19H,11H2,1-2H3. The first kappa shape index (κ1) is 15.4. The number of hydrogen-bond acceptors (Lipinski definition) is 5. The molecule has 3 aromatic rings. The average Bonchev–Trinajstić information content (AvgIpc) is 3.02. The molecule has 0 aliphatic rings. The van der Waals surface area contributed by atoms with Crippen LogP contribution in [0.15, 0.2) is 52.9 Å². The number of benzene rings is 2. The third kappa shape index (κ3) is 3.81. The van der Waals surface area contributed by atoms with Crippen molar-refractivity contribution in [2.45, 2.75) is 6.54 Å². The Morgan fingerprint density at radius 2 is 1.87 bits per heavy atom. The molecule has 3 rings (SSSR count). The van der Waals surface area contributed by atoms with Gasteiger partial charge in [0.1, 0.15) is 0 Å². The fourth-order valence-electron chi connectivity index (χ4n) is 2.12. The Kier molecular flexibility index (Phi) is 4.48. The molecule has 1 heterocycles. The van der Waals surface area contributed by atoms with E-state index in [-0.39, 0.29) is 0 Å². The van der Waals surface area contributed by atoms with Crippen LogP contribution in [0.5, 0.6) is 0 Å². The van der Waals surface area contributed by atoms with Crippen molar-refractivity contribution in [2.75, 3.05) is 24.3 Å². The lowest BCUT2D eigenvalue weighted by Gasteiger charge is -2.12. The number of aromatic nitrogens is 2. The van der Waals surface area contributed by atoms with Gasteiger partial charge >= 0.3 is 0 Å². The largest absolute Gasteiger partial charge is 0.419 e. The van der Waals surface area contributed by atoms with Gasteiger partial charge in [-0.2, -0.15) is 0 Å². The summed E-state index contributed by atoms with van der Waals surface area (Å²) < 4.78 is 5.66. The highest BCUT2D eigenvalue weighted by atomic mass is 35.5. The van der Waals surface area contributed by atoms with E-state index in [9.17, 15) is 0 Å². The molecule has 5 nitrogen and oxygen atoms in total. The van der Waals surface area contributed by atoms with Gasteiger partial charge in [-0.25, -0.2) is 0 Å². The summed E-state index contributed by atoms with van der Waals surface area (Å²) in [6.45, 7) is 0.467. The first-order valence-corrected chi connectivity index (χ1v) is 7.59. The molecule has 1 aromatic heterocycles. The summed E-state index contributed by atoms with van der Waals surface area (Å²) in [7, 11) is 4.02. The number of rotatable bonds is 5. The van der Waals surface area contributed by atoms with E-state index >= 15 is 0 Å². The second-order valence-corrected chi connectivity index (χ2v) is 5.74. The van der Waals surface area contributed by atoms with E-state index in [1.165, 1.54) is 0 Å². The van der Waals surface area contributed by atoms with Gasteiger partial charge in [0.2, 0.25) is 11.8 Å². The van der Waals surface area contributed by atoms with Crippen molar-refractivity contribution in [3.05, 3.63) is 59.4 Å². The van der Waals surface area contributed by atoms with Crippen molar-refractivity contribution >= 4 is 23.0 Å². The highest BCUT2D eigenvalue weighted by Crippen LogP contribution is 2.22. The number of halogens is 1. The Bertz CT molecular complexity index is 783. The highest BCUT2D eigenvalue weighted by molar-refractivity contribution is 6.30. The van der Waals surface area contributed by atoms with E-state index in [0.29, 0.717) is 23.3 Å². The van der Waals surface area contributed by atoms with E-state index in [2.05, 4.69) is 20.4 Å². The second-order valence-electron chi connectivity index (χ2n) is 5.31. The molecule has 0 spiro atoms. The lowest BCUT2D eigenvalue weighted by Crippen LogP contribution is -2.08. The van der Waals surface area contributed by atoms with Crippen LogP contribution in [-0.2, 0) is 6.54 Å². The predicted octanol–water partition coefficient (Wildman–Crippen LogP) is 4.07. The lowest BCUT2D eigenvalue weighted by atomic mass is 10.2. The van der Waals surface area contributed by atoms with Crippen molar-refractivity contribution < 1.29 is 4.42 Å². The van der Waals surface area contributed by atoms with Crippen molar-refractivity contribution in [3.63, 3.8) is 0 Å². The van der Waals surface area contributed by atoms with Crippen LogP contribution in [0.1, 0.15) is 5.89 Å². The first-order chi connectivity index (χ1) is 11.1. The van der Waals surface area contributed by atoms with Crippen LogP contribution in [0.4, 0.5) is 11.4 Å². The first-order valence-electron chi connectivity index (χ1n) is 7.21. The molecule has 0 saturated carbocycles. The minimum atomic E-state index is 0.465. The van der Waals surface area contributed by atoms with Gasteiger partial charge in [-0.1, -0.05) is 17.7 Å². The molecule has 0 aliphatic carbocycles. The number of nitrogens with zero attached hydrogens (tertiary/aromatic N) is 3. The number of nitrogens with one attached hydrogen (secondary N) is 1. The van der Waals surface area contributed by atoms with Crippen LogP contribution < -0.4 is 10.2 Å². The molecule has 0 unspecified atom stereocenters. The number of hydrogen-bond donors (Lipinski definition) is 1. The smallest absolute Gasteiger partial charge is 0.247 e. The van der Waals surface area contributed by atoms with Gasteiger partial charge in [0.25, 0.3) is 0 Å². The minimum Gasteiger partial charge on any atom is -0.419 e. The summed E-state index contributed by atoms with van der Waals surface area (Å²) >= 11 is 5.97. The maximum Gasteiger partial charge on any atom is 0.247 e. The molecule has 0 radical (unpaired) electrons. The molecule has 2 aromatic carbocycles. The van der Waals surface area contributed by atoms with Gasteiger partial charge in [-0.15, -0.1) is 10.2 Å². The molecule has 118 valence electrons. The Balaban J connectivity index is 1.65. The van der Waals surface area contributed by atoms with Crippen LogP contribution in [-0.4, -0.2) is 24.3 Å². The van der Waals surface area contributed by atoms with Gasteiger partial charge in [-0.05, 0) is 42.5 Å². The zero-order chi connectivity index (χ0) is 16.2. The fraction of sp³-hybridized carbons (Fsp3) is 0.176. The van der Waals surface area contributed by atoms with E-state index in [0.717, 1.165) is 16.9 Å². The highest BCUT2D eigenvalue weighted by Gasteiger charge is 2.08. The van der Waals surface area contributed by atoms with E-state index < -0.39 is 0 Å². The summed E-state index contributed by atoms with van der Waals surface area (Å²) in [5.41, 5.74) is 2.96. The summed E-state index contributed by atoms with van der Waals surface area (Å²) in [4.78, 5) is 2.05. The molecule has 0 bridgehead atoms. The quantitative estimate of drug-likeness (QED) is 0.765. The maximum absolute atomic E-state index is 5.97. The molecule has 0 atom stereocenters.